The van der Waals surface area contributed by atoms with Crippen LogP contribution in [-0.4, -0.2) is 52.5 Å². The SMILES string of the molecule is CNC(=O)C[C@@H]1OC(C)(C)C[C@]12CCCN2C(=O)Cc1cccnc1. The molecule has 1 spiro atoms. The summed E-state index contributed by atoms with van der Waals surface area (Å²) < 4.78 is 6.22. The van der Waals surface area contributed by atoms with E-state index in [2.05, 4.69) is 10.3 Å². The second kappa shape index (κ2) is 6.75. The molecule has 1 N–H and O–H groups in total. The number of hydrogen-bond acceptors (Lipinski definition) is 4. The minimum Gasteiger partial charge on any atom is -0.369 e. The fourth-order valence-corrected chi connectivity index (χ4v) is 4.45. The summed E-state index contributed by atoms with van der Waals surface area (Å²) in [5.41, 5.74) is 0.195. The first kappa shape index (κ1) is 17.9. The van der Waals surface area contributed by atoms with Gasteiger partial charge < -0.3 is 15.0 Å². The topological polar surface area (TPSA) is 71.5 Å². The molecule has 1 aromatic heterocycles. The summed E-state index contributed by atoms with van der Waals surface area (Å²) in [6.45, 7) is 4.81. The lowest BCUT2D eigenvalue weighted by Gasteiger charge is -2.39. The molecule has 0 unspecified atom stereocenters. The Morgan fingerprint density at radius 1 is 1.44 bits per heavy atom. The maximum atomic E-state index is 13.0. The highest BCUT2D eigenvalue weighted by Gasteiger charge is 2.58. The van der Waals surface area contributed by atoms with Crippen LogP contribution < -0.4 is 5.32 Å². The third kappa shape index (κ3) is 3.54. The second-order valence-corrected chi connectivity index (χ2v) is 7.71. The van der Waals surface area contributed by atoms with Gasteiger partial charge in [-0.1, -0.05) is 6.07 Å². The summed E-state index contributed by atoms with van der Waals surface area (Å²) in [5, 5.41) is 2.68. The van der Waals surface area contributed by atoms with Crippen LogP contribution in [0.3, 0.4) is 0 Å². The van der Waals surface area contributed by atoms with Gasteiger partial charge in [-0.25, -0.2) is 0 Å². The molecule has 25 heavy (non-hydrogen) atoms. The number of rotatable bonds is 4. The third-order valence-corrected chi connectivity index (χ3v) is 5.35. The lowest BCUT2D eigenvalue weighted by atomic mass is 9.82. The quantitative estimate of drug-likeness (QED) is 0.901. The fraction of sp³-hybridized carbons (Fsp3) is 0.632. The van der Waals surface area contributed by atoms with Crippen LogP contribution in [0.25, 0.3) is 0 Å². The highest BCUT2D eigenvalue weighted by molar-refractivity contribution is 5.81. The van der Waals surface area contributed by atoms with Gasteiger partial charge in [-0.15, -0.1) is 0 Å². The van der Waals surface area contributed by atoms with Crippen molar-refractivity contribution in [3.63, 3.8) is 0 Å². The van der Waals surface area contributed by atoms with Crippen LogP contribution in [0.5, 0.6) is 0 Å². The van der Waals surface area contributed by atoms with Crippen molar-refractivity contribution in [2.75, 3.05) is 13.6 Å². The average molecular weight is 345 g/mol. The predicted octanol–water partition coefficient (Wildman–Crippen LogP) is 1.69. The molecule has 2 aliphatic heterocycles. The van der Waals surface area contributed by atoms with Crippen molar-refractivity contribution in [2.24, 2.45) is 0 Å². The van der Waals surface area contributed by atoms with Gasteiger partial charge in [0.05, 0.1) is 30.1 Å². The fourth-order valence-electron chi connectivity index (χ4n) is 4.45. The molecule has 0 radical (unpaired) electrons. The van der Waals surface area contributed by atoms with Crippen molar-refractivity contribution in [3.05, 3.63) is 30.1 Å². The van der Waals surface area contributed by atoms with Gasteiger partial charge in [0.2, 0.25) is 11.8 Å². The van der Waals surface area contributed by atoms with Gasteiger partial charge in [0.15, 0.2) is 0 Å². The molecule has 6 nitrogen and oxygen atoms in total. The first-order valence-electron chi connectivity index (χ1n) is 8.94. The molecule has 2 fully saturated rings. The summed E-state index contributed by atoms with van der Waals surface area (Å²) in [4.78, 5) is 31.1. The highest BCUT2D eigenvalue weighted by Crippen LogP contribution is 2.49. The number of ether oxygens (including phenoxy) is 1. The summed E-state index contributed by atoms with van der Waals surface area (Å²) in [7, 11) is 1.63. The Morgan fingerprint density at radius 3 is 2.92 bits per heavy atom. The molecular weight excluding hydrogens is 318 g/mol. The molecule has 6 heteroatoms. The summed E-state index contributed by atoms with van der Waals surface area (Å²) in [6.07, 6.45) is 6.40. The minimum atomic E-state index is -0.380. The lowest BCUT2D eigenvalue weighted by Crippen LogP contribution is -2.54. The number of carbonyl (C=O) groups is 2. The standard InChI is InChI=1S/C19H27N3O3/c1-18(2)13-19(15(25-18)11-16(23)20-3)7-5-9-22(19)17(24)10-14-6-4-8-21-12-14/h4,6,8,12,15H,5,7,9-11,13H2,1-3H3,(H,20,23)/t15-,19+/m0/s1. The van der Waals surface area contributed by atoms with Gasteiger partial charge in [0, 0.05) is 32.4 Å². The van der Waals surface area contributed by atoms with Gasteiger partial charge in [-0.3, -0.25) is 14.6 Å². The van der Waals surface area contributed by atoms with Crippen molar-refractivity contribution >= 4 is 11.8 Å². The van der Waals surface area contributed by atoms with Crippen molar-refractivity contribution in [2.45, 2.75) is 63.2 Å². The number of aromatic nitrogens is 1. The van der Waals surface area contributed by atoms with E-state index < -0.39 is 0 Å². The van der Waals surface area contributed by atoms with Gasteiger partial charge in [0.1, 0.15) is 0 Å². The smallest absolute Gasteiger partial charge is 0.227 e. The molecule has 3 heterocycles. The summed E-state index contributed by atoms with van der Waals surface area (Å²) in [5.74, 6) is 0.0438. The highest BCUT2D eigenvalue weighted by atomic mass is 16.5. The third-order valence-electron chi connectivity index (χ3n) is 5.35. The Labute approximate surface area is 148 Å². The van der Waals surface area contributed by atoms with Crippen LogP contribution >= 0.6 is 0 Å². The Hall–Kier alpha value is -1.95. The largest absolute Gasteiger partial charge is 0.369 e. The molecule has 136 valence electrons. The predicted molar refractivity (Wildman–Crippen MR) is 93.9 cm³/mol. The van der Waals surface area contributed by atoms with Crippen LogP contribution in [0, 0.1) is 0 Å². The molecule has 0 aromatic carbocycles. The van der Waals surface area contributed by atoms with Crippen molar-refractivity contribution in [1.82, 2.24) is 15.2 Å². The molecule has 2 amide bonds. The summed E-state index contributed by atoms with van der Waals surface area (Å²) in [6, 6.07) is 3.77. The number of likely N-dealkylation sites (tertiary alicyclic amines) is 1. The molecule has 2 aliphatic rings. The number of hydrogen-bond donors (Lipinski definition) is 1. The minimum absolute atomic E-state index is 0.0476. The maximum Gasteiger partial charge on any atom is 0.227 e. The van der Waals surface area contributed by atoms with E-state index in [0.29, 0.717) is 6.42 Å². The maximum absolute atomic E-state index is 13.0. The number of carbonyl (C=O) groups excluding carboxylic acids is 2. The molecular formula is C19H27N3O3. The number of nitrogens with zero attached hydrogens (tertiary/aromatic N) is 2. The number of amides is 2. The molecule has 3 rings (SSSR count). The van der Waals surface area contributed by atoms with Gasteiger partial charge in [0.25, 0.3) is 0 Å². The van der Waals surface area contributed by atoms with Gasteiger partial charge >= 0.3 is 0 Å². The summed E-state index contributed by atoms with van der Waals surface area (Å²) >= 11 is 0. The monoisotopic (exact) mass is 345 g/mol. The van der Waals surface area contributed by atoms with Crippen LogP contribution in [-0.2, 0) is 20.7 Å². The van der Waals surface area contributed by atoms with E-state index in [-0.39, 0.29) is 35.5 Å². The van der Waals surface area contributed by atoms with Crippen LogP contribution in [0.4, 0.5) is 0 Å². The molecule has 0 saturated carbocycles. The average Bonchev–Trinajstić information content (AvgIpc) is 3.09. The van der Waals surface area contributed by atoms with E-state index in [4.69, 9.17) is 4.74 Å². The zero-order valence-corrected chi connectivity index (χ0v) is 15.2. The van der Waals surface area contributed by atoms with Crippen LogP contribution in [0.2, 0.25) is 0 Å². The van der Waals surface area contributed by atoms with Gasteiger partial charge in [-0.2, -0.15) is 0 Å². The van der Waals surface area contributed by atoms with Gasteiger partial charge in [-0.05, 0) is 38.3 Å². The normalized spacial score (nSPS) is 27.6. The van der Waals surface area contributed by atoms with E-state index in [1.54, 1.807) is 19.4 Å². The van der Waals surface area contributed by atoms with Crippen molar-refractivity contribution < 1.29 is 14.3 Å². The molecule has 1 aromatic rings. The van der Waals surface area contributed by atoms with Crippen molar-refractivity contribution in [3.8, 4) is 0 Å². The first-order valence-corrected chi connectivity index (χ1v) is 8.94. The van der Waals surface area contributed by atoms with E-state index in [1.807, 2.05) is 30.9 Å². The number of pyridine rings is 1. The Bertz CT molecular complexity index is 647. The molecule has 0 aliphatic carbocycles. The molecule has 2 saturated heterocycles. The van der Waals surface area contributed by atoms with E-state index in [9.17, 15) is 9.59 Å². The Balaban J connectivity index is 1.83. The van der Waals surface area contributed by atoms with Crippen molar-refractivity contribution in [1.29, 1.82) is 0 Å². The van der Waals surface area contributed by atoms with Crippen LogP contribution in [0.1, 0.15) is 45.1 Å². The Kier molecular flexibility index (Phi) is 4.82. The Morgan fingerprint density at radius 2 is 2.24 bits per heavy atom. The van der Waals surface area contributed by atoms with E-state index in [0.717, 1.165) is 31.4 Å². The molecule has 0 bridgehead atoms. The van der Waals surface area contributed by atoms with Crippen LogP contribution in [0.15, 0.2) is 24.5 Å². The van der Waals surface area contributed by atoms with E-state index in [1.165, 1.54) is 0 Å². The zero-order valence-electron chi connectivity index (χ0n) is 15.2. The second-order valence-electron chi connectivity index (χ2n) is 7.71. The zero-order chi connectivity index (χ0) is 18.1. The van der Waals surface area contributed by atoms with E-state index >= 15 is 0 Å². The first-order chi connectivity index (χ1) is 11.9. The molecule has 2 atom stereocenters. The number of nitrogens with one attached hydrogen (secondary N) is 1. The lowest BCUT2D eigenvalue weighted by molar-refractivity contribution is -0.139.